The van der Waals surface area contributed by atoms with Gasteiger partial charge in [0.1, 0.15) is 5.82 Å². The number of benzene rings is 2. The van der Waals surface area contributed by atoms with Crippen molar-refractivity contribution < 1.29 is 13.9 Å². The van der Waals surface area contributed by atoms with Gasteiger partial charge in [0, 0.05) is 22.4 Å². The number of esters is 1. The Kier molecular flexibility index (Phi) is 3.53. The van der Waals surface area contributed by atoms with Gasteiger partial charge in [-0.15, -0.1) is 0 Å². The summed E-state index contributed by atoms with van der Waals surface area (Å²) in [7, 11) is 1.35. The van der Waals surface area contributed by atoms with E-state index in [1.807, 2.05) is 24.3 Å². The number of carbonyl (C=O) groups excluding carboxylic acids is 1. The number of hydrogen-bond acceptors (Lipinski definition) is 3. The van der Waals surface area contributed by atoms with Crippen molar-refractivity contribution in [2.24, 2.45) is 0 Å². The van der Waals surface area contributed by atoms with Crippen LogP contribution in [0.3, 0.4) is 0 Å². The molecule has 3 nitrogen and oxygen atoms in total. The number of rotatable bonds is 3. The molecular weight excluding hydrogens is 305 g/mol. The molecule has 1 aromatic heterocycles. The van der Waals surface area contributed by atoms with E-state index in [9.17, 15) is 9.18 Å². The monoisotopic (exact) mass is 321 g/mol. The van der Waals surface area contributed by atoms with Gasteiger partial charge in [0.15, 0.2) is 0 Å². The first-order valence-electron chi connectivity index (χ1n) is 7.96. The van der Waals surface area contributed by atoms with Crippen molar-refractivity contribution in [3.05, 3.63) is 65.6 Å². The topological polar surface area (TPSA) is 39.2 Å². The molecule has 0 N–H and O–H groups in total. The Bertz CT molecular complexity index is 948. The molecule has 0 saturated heterocycles. The summed E-state index contributed by atoms with van der Waals surface area (Å²) in [4.78, 5) is 17.2. The number of fused-ring (bicyclic) bond motifs is 1. The highest BCUT2D eigenvalue weighted by Gasteiger charge is 2.33. The predicted molar refractivity (Wildman–Crippen MR) is 90.5 cm³/mol. The molecule has 1 aliphatic rings. The Hall–Kier alpha value is -2.75. The van der Waals surface area contributed by atoms with E-state index in [0.717, 1.165) is 29.4 Å². The molecule has 4 heteroatoms. The van der Waals surface area contributed by atoms with Gasteiger partial charge in [0.05, 0.1) is 23.9 Å². The second-order valence-corrected chi connectivity index (χ2v) is 6.01. The predicted octanol–water partition coefficient (Wildman–Crippen LogP) is 4.70. The number of hydrogen-bond donors (Lipinski definition) is 0. The summed E-state index contributed by atoms with van der Waals surface area (Å²) < 4.78 is 19.5. The highest BCUT2D eigenvalue weighted by atomic mass is 19.1. The van der Waals surface area contributed by atoms with E-state index in [0.29, 0.717) is 16.7 Å². The molecular formula is C20H16FNO2. The van der Waals surface area contributed by atoms with Crippen molar-refractivity contribution >= 4 is 16.9 Å². The van der Waals surface area contributed by atoms with Crippen molar-refractivity contribution in [1.29, 1.82) is 0 Å². The van der Waals surface area contributed by atoms with E-state index < -0.39 is 5.97 Å². The van der Waals surface area contributed by atoms with E-state index in [4.69, 9.17) is 9.72 Å². The van der Waals surface area contributed by atoms with Crippen LogP contribution in [0.4, 0.5) is 4.39 Å². The quantitative estimate of drug-likeness (QED) is 0.656. The number of ether oxygens (including phenoxy) is 1. The third-order valence-electron chi connectivity index (χ3n) is 4.42. The Morgan fingerprint density at radius 1 is 1.12 bits per heavy atom. The van der Waals surface area contributed by atoms with Gasteiger partial charge in [0.2, 0.25) is 0 Å². The van der Waals surface area contributed by atoms with E-state index in [1.165, 1.54) is 13.2 Å². The van der Waals surface area contributed by atoms with Crippen LogP contribution in [0.15, 0.2) is 48.5 Å². The smallest absolute Gasteiger partial charge is 0.340 e. The summed E-state index contributed by atoms with van der Waals surface area (Å²) in [5.41, 5.74) is 2.86. The molecule has 0 unspecified atom stereocenters. The molecule has 120 valence electrons. The molecule has 3 aromatic rings. The maximum absolute atomic E-state index is 14.5. The molecule has 0 amide bonds. The maximum atomic E-state index is 14.5. The highest BCUT2D eigenvalue weighted by molar-refractivity contribution is 6.08. The number of nitrogens with zero attached hydrogens (tertiary/aromatic N) is 1. The van der Waals surface area contributed by atoms with Crippen LogP contribution >= 0.6 is 0 Å². The van der Waals surface area contributed by atoms with Crippen molar-refractivity contribution in [2.45, 2.75) is 18.8 Å². The van der Waals surface area contributed by atoms with Crippen LogP contribution in [-0.2, 0) is 4.74 Å². The van der Waals surface area contributed by atoms with Gasteiger partial charge in [-0.1, -0.05) is 36.4 Å². The third kappa shape index (κ3) is 2.35. The fraction of sp³-hybridized carbons (Fsp3) is 0.200. The number of carbonyl (C=O) groups is 1. The van der Waals surface area contributed by atoms with Gasteiger partial charge < -0.3 is 4.74 Å². The molecule has 0 spiro atoms. The summed E-state index contributed by atoms with van der Waals surface area (Å²) in [5.74, 6) is -0.580. The van der Waals surface area contributed by atoms with Gasteiger partial charge in [0.25, 0.3) is 0 Å². The number of methoxy groups -OCH3 is 1. The van der Waals surface area contributed by atoms with Crippen molar-refractivity contribution in [1.82, 2.24) is 4.98 Å². The van der Waals surface area contributed by atoms with Crippen molar-refractivity contribution in [2.75, 3.05) is 7.11 Å². The minimum atomic E-state index is -0.464. The highest BCUT2D eigenvalue weighted by Crippen LogP contribution is 2.45. The molecule has 1 heterocycles. The zero-order valence-electron chi connectivity index (χ0n) is 13.3. The van der Waals surface area contributed by atoms with E-state index in [2.05, 4.69) is 0 Å². The standard InChI is InChI=1S/C20H16FNO2/c1-24-20(23)18-17(13-6-2-4-8-15(13)21)14-7-3-5-9-16(14)22-19(18)12-10-11-12/h2-9,12H,10-11H2,1H3. The van der Waals surface area contributed by atoms with Crippen LogP contribution in [0.25, 0.3) is 22.0 Å². The van der Waals surface area contributed by atoms with Gasteiger partial charge in [-0.25, -0.2) is 9.18 Å². The summed E-state index contributed by atoms with van der Waals surface area (Å²) >= 11 is 0. The lowest BCUT2D eigenvalue weighted by molar-refractivity contribution is 0.0600. The van der Waals surface area contributed by atoms with Crippen LogP contribution < -0.4 is 0 Å². The Balaban J connectivity index is 2.15. The fourth-order valence-corrected chi connectivity index (χ4v) is 3.14. The van der Waals surface area contributed by atoms with Crippen LogP contribution in [0.5, 0.6) is 0 Å². The summed E-state index contributed by atoms with van der Waals surface area (Å²) in [6.45, 7) is 0. The molecule has 0 atom stereocenters. The largest absolute Gasteiger partial charge is 0.465 e. The Labute approximate surface area is 139 Å². The Morgan fingerprint density at radius 2 is 1.83 bits per heavy atom. The van der Waals surface area contributed by atoms with E-state index >= 15 is 0 Å². The molecule has 1 saturated carbocycles. The lowest BCUT2D eigenvalue weighted by atomic mass is 9.92. The number of pyridine rings is 1. The van der Waals surface area contributed by atoms with Gasteiger partial charge in [-0.2, -0.15) is 0 Å². The molecule has 1 fully saturated rings. The molecule has 1 aliphatic carbocycles. The molecule has 24 heavy (non-hydrogen) atoms. The first-order chi connectivity index (χ1) is 11.7. The SMILES string of the molecule is COC(=O)c1c(C2CC2)nc2ccccc2c1-c1ccccc1F. The van der Waals surface area contributed by atoms with Crippen molar-refractivity contribution in [3.8, 4) is 11.1 Å². The zero-order valence-corrected chi connectivity index (χ0v) is 13.3. The summed E-state index contributed by atoms with van der Waals surface area (Å²) in [6, 6.07) is 14.0. The molecule has 0 radical (unpaired) electrons. The first-order valence-corrected chi connectivity index (χ1v) is 7.96. The second kappa shape index (κ2) is 5.71. The van der Waals surface area contributed by atoms with E-state index in [1.54, 1.807) is 18.2 Å². The minimum Gasteiger partial charge on any atom is -0.465 e. The summed E-state index contributed by atoms with van der Waals surface area (Å²) in [5, 5.41) is 0.757. The lowest BCUT2D eigenvalue weighted by Crippen LogP contribution is -2.11. The third-order valence-corrected chi connectivity index (χ3v) is 4.42. The fourth-order valence-electron chi connectivity index (χ4n) is 3.14. The minimum absolute atomic E-state index is 0.245. The first kappa shape index (κ1) is 14.8. The average molecular weight is 321 g/mol. The maximum Gasteiger partial charge on any atom is 0.340 e. The van der Waals surface area contributed by atoms with Crippen molar-refractivity contribution in [3.63, 3.8) is 0 Å². The van der Waals surface area contributed by atoms with E-state index in [-0.39, 0.29) is 11.7 Å². The van der Waals surface area contributed by atoms with Gasteiger partial charge in [-0.3, -0.25) is 4.98 Å². The van der Waals surface area contributed by atoms with Crippen LogP contribution in [-0.4, -0.2) is 18.1 Å². The molecule has 0 bridgehead atoms. The molecule has 2 aromatic carbocycles. The van der Waals surface area contributed by atoms with Gasteiger partial charge in [-0.05, 0) is 25.0 Å². The molecule has 0 aliphatic heterocycles. The lowest BCUT2D eigenvalue weighted by Gasteiger charge is -2.16. The number of aromatic nitrogens is 1. The van der Waals surface area contributed by atoms with Crippen LogP contribution in [0, 0.1) is 5.82 Å². The zero-order chi connectivity index (χ0) is 16.7. The molecule has 4 rings (SSSR count). The number of para-hydroxylation sites is 1. The second-order valence-electron chi connectivity index (χ2n) is 6.01. The van der Waals surface area contributed by atoms with Crippen LogP contribution in [0.1, 0.15) is 34.8 Å². The normalized spacial score (nSPS) is 13.9. The average Bonchev–Trinajstić information content (AvgIpc) is 3.45. The number of halogens is 1. The summed E-state index contributed by atoms with van der Waals surface area (Å²) in [6.07, 6.45) is 1.98. The Morgan fingerprint density at radius 3 is 2.54 bits per heavy atom. The van der Waals surface area contributed by atoms with Crippen LogP contribution in [0.2, 0.25) is 0 Å². The van der Waals surface area contributed by atoms with Gasteiger partial charge >= 0.3 is 5.97 Å².